The lowest BCUT2D eigenvalue weighted by Crippen LogP contribution is -2.06. The predicted molar refractivity (Wildman–Crippen MR) is 57.2 cm³/mol. The smallest absolute Gasteiger partial charge is 0.170 e. The second kappa shape index (κ2) is 4.28. The van der Waals surface area contributed by atoms with Crippen LogP contribution in [-0.4, -0.2) is 14.6 Å². The fourth-order valence-electron chi connectivity index (χ4n) is 1.67. The highest BCUT2D eigenvalue weighted by Crippen LogP contribution is 2.38. The third-order valence-electron chi connectivity index (χ3n) is 2.38. The normalized spacial score (nSPS) is 26.3. The number of thioether (sulfide) groups is 1. The Balaban J connectivity index is 2.01. The van der Waals surface area contributed by atoms with E-state index in [1.807, 2.05) is 6.92 Å². The molecular formula is C9H11N3S2. The summed E-state index contributed by atoms with van der Waals surface area (Å²) in [6, 6.07) is 2.38. The molecule has 0 saturated heterocycles. The van der Waals surface area contributed by atoms with Crippen LogP contribution in [0.5, 0.6) is 0 Å². The van der Waals surface area contributed by atoms with E-state index in [0.717, 1.165) is 23.0 Å². The fraction of sp³-hybridized carbons (Fsp3) is 0.667. The van der Waals surface area contributed by atoms with Gasteiger partial charge in [-0.25, -0.2) is 4.98 Å². The van der Waals surface area contributed by atoms with Crippen LogP contribution >= 0.6 is 23.3 Å². The Bertz CT molecular complexity index is 355. The highest BCUT2D eigenvalue weighted by Gasteiger charge is 2.28. The predicted octanol–water partition coefficient (Wildman–Crippen LogP) is 2.63. The summed E-state index contributed by atoms with van der Waals surface area (Å²) in [5, 5.41) is 9.36. The number of nitriles is 1. The van der Waals surface area contributed by atoms with Crippen molar-refractivity contribution in [2.45, 2.75) is 35.8 Å². The summed E-state index contributed by atoms with van der Waals surface area (Å²) < 4.78 is 5.15. The monoisotopic (exact) mass is 225 g/mol. The van der Waals surface area contributed by atoms with Crippen molar-refractivity contribution < 1.29 is 0 Å². The Morgan fingerprint density at radius 3 is 3.07 bits per heavy atom. The Kier molecular flexibility index (Phi) is 3.04. The standard InChI is InChI=1S/C9H11N3S2/c1-6-11-9(14-12-6)13-8-4-2-3-7(8)5-10/h7-8H,2-4H2,1H3. The van der Waals surface area contributed by atoms with Gasteiger partial charge in [-0.1, -0.05) is 18.2 Å². The maximum Gasteiger partial charge on any atom is 0.170 e. The van der Waals surface area contributed by atoms with Crippen LogP contribution in [0.1, 0.15) is 25.1 Å². The molecule has 74 valence electrons. The molecule has 1 saturated carbocycles. The fourth-order valence-corrected chi connectivity index (χ4v) is 3.84. The Hall–Kier alpha value is -0.600. The van der Waals surface area contributed by atoms with Gasteiger partial charge in [0.2, 0.25) is 0 Å². The third-order valence-corrected chi connectivity index (χ3v) is 4.65. The molecule has 1 aliphatic carbocycles. The van der Waals surface area contributed by atoms with Crippen molar-refractivity contribution in [1.29, 1.82) is 5.26 Å². The minimum absolute atomic E-state index is 0.212. The van der Waals surface area contributed by atoms with E-state index in [9.17, 15) is 0 Å². The van der Waals surface area contributed by atoms with Gasteiger partial charge in [-0.15, -0.1) is 0 Å². The van der Waals surface area contributed by atoms with E-state index in [2.05, 4.69) is 15.4 Å². The summed E-state index contributed by atoms with van der Waals surface area (Å²) in [4.78, 5) is 4.30. The van der Waals surface area contributed by atoms with Crippen molar-refractivity contribution in [2.75, 3.05) is 0 Å². The molecule has 2 atom stereocenters. The SMILES string of the molecule is Cc1nsc(SC2CCCC2C#N)n1. The van der Waals surface area contributed by atoms with Crippen LogP contribution in [0.3, 0.4) is 0 Å². The van der Waals surface area contributed by atoms with Crippen LogP contribution in [0.15, 0.2) is 4.34 Å². The molecule has 1 heterocycles. The zero-order chi connectivity index (χ0) is 9.97. The lowest BCUT2D eigenvalue weighted by molar-refractivity contribution is 0.714. The van der Waals surface area contributed by atoms with Crippen molar-refractivity contribution in [3.8, 4) is 6.07 Å². The number of nitrogens with zero attached hydrogens (tertiary/aromatic N) is 3. The highest BCUT2D eigenvalue weighted by atomic mass is 32.2. The molecule has 0 aromatic carbocycles. The number of rotatable bonds is 2. The van der Waals surface area contributed by atoms with E-state index in [4.69, 9.17) is 5.26 Å². The van der Waals surface area contributed by atoms with Crippen LogP contribution in [0.25, 0.3) is 0 Å². The molecule has 1 aromatic heterocycles. The van der Waals surface area contributed by atoms with Gasteiger partial charge in [0.25, 0.3) is 0 Å². The molecule has 2 unspecified atom stereocenters. The number of aromatic nitrogens is 2. The lowest BCUT2D eigenvalue weighted by Gasteiger charge is -2.09. The second-order valence-electron chi connectivity index (χ2n) is 3.43. The molecule has 0 radical (unpaired) electrons. The molecular weight excluding hydrogens is 214 g/mol. The topological polar surface area (TPSA) is 49.6 Å². The van der Waals surface area contributed by atoms with Crippen molar-refractivity contribution in [3.63, 3.8) is 0 Å². The first-order valence-electron chi connectivity index (χ1n) is 4.66. The van der Waals surface area contributed by atoms with Gasteiger partial charge in [0, 0.05) is 5.25 Å². The average Bonchev–Trinajstić information content (AvgIpc) is 2.76. The minimum Gasteiger partial charge on any atom is -0.213 e. The van der Waals surface area contributed by atoms with E-state index in [0.29, 0.717) is 5.25 Å². The molecule has 1 aromatic rings. The van der Waals surface area contributed by atoms with Gasteiger partial charge >= 0.3 is 0 Å². The van der Waals surface area contributed by atoms with Gasteiger partial charge < -0.3 is 0 Å². The molecule has 5 heteroatoms. The molecule has 0 N–H and O–H groups in total. The van der Waals surface area contributed by atoms with Gasteiger partial charge in [0.15, 0.2) is 4.34 Å². The van der Waals surface area contributed by atoms with Crippen LogP contribution in [-0.2, 0) is 0 Å². The maximum atomic E-state index is 8.92. The zero-order valence-electron chi connectivity index (χ0n) is 7.93. The Morgan fingerprint density at radius 2 is 2.43 bits per heavy atom. The molecule has 0 bridgehead atoms. The maximum absolute atomic E-state index is 8.92. The molecule has 0 aliphatic heterocycles. The van der Waals surface area contributed by atoms with Crippen LogP contribution in [0.2, 0.25) is 0 Å². The van der Waals surface area contributed by atoms with E-state index >= 15 is 0 Å². The van der Waals surface area contributed by atoms with E-state index in [1.54, 1.807) is 11.8 Å². The first-order chi connectivity index (χ1) is 6.79. The number of aryl methyl sites for hydroxylation is 1. The molecule has 3 nitrogen and oxygen atoms in total. The third kappa shape index (κ3) is 2.07. The molecule has 1 aliphatic rings. The largest absolute Gasteiger partial charge is 0.213 e. The van der Waals surface area contributed by atoms with Gasteiger partial charge in [0.05, 0.1) is 12.0 Å². The summed E-state index contributed by atoms with van der Waals surface area (Å²) in [6.45, 7) is 1.90. The van der Waals surface area contributed by atoms with Crippen molar-refractivity contribution in [1.82, 2.24) is 9.36 Å². The minimum atomic E-state index is 0.212. The summed E-state index contributed by atoms with van der Waals surface area (Å²) >= 11 is 3.17. The van der Waals surface area contributed by atoms with E-state index in [1.165, 1.54) is 18.0 Å². The summed E-state index contributed by atoms with van der Waals surface area (Å²) in [7, 11) is 0. The Labute approximate surface area is 91.7 Å². The van der Waals surface area contributed by atoms with Crippen LogP contribution in [0.4, 0.5) is 0 Å². The zero-order valence-corrected chi connectivity index (χ0v) is 9.57. The van der Waals surface area contributed by atoms with E-state index < -0.39 is 0 Å². The quantitative estimate of drug-likeness (QED) is 0.776. The van der Waals surface area contributed by atoms with Crippen LogP contribution in [0, 0.1) is 24.2 Å². The molecule has 14 heavy (non-hydrogen) atoms. The summed E-state index contributed by atoms with van der Waals surface area (Å²) in [5.74, 6) is 1.05. The van der Waals surface area contributed by atoms with Gasteiger partial charge in [0.1, 0.15) is 5.82 Å². The molecule has 0 spiro atoms. The van der Waals surface area contributed by atoms with Crippen molar-refractivity contribution >= 4 is 23.3 Å². The summed E-state index contributed by atoms with van der Waals surface area (Å²) in [5.41, 5.74) is 0. The van der Waals surface area contributed by atoms with Gasteiger partial charge in [-0.05, 0) is 31.3 Å². The highest BCUT2D eigenvalue weighted by molar-refractivity contribution is 8.01. The van der Waals surface area contributed by atoms with Crippen molar-refractivity contribution in [2.24, 2.45) is 5.92 Å². The summed E-state index contributed by atoms with van der Waals surface area (Å²) in [6.07, 6.45) is 3.36. The molecule has 0 amide bonds. The number of hydrogen-bond donors (Lipinski definition) is 0. The lowest BCUT2D eigenvalue weighted by atomic mass is 10.1. The van der Waals surface area contributed by atoms with Crippen LogP contribution < -0.4 is 0 Å². The average molecular weight is 225 g/mol. The number of hydrogen-bond acceptors (Lipinski definition) is 5. The first-order valence-corrected chi connectivity index (χ1v) is 6.31. The molecule has 1 fully saturated rings. The van der Waals surface area contributed by atoms with Crippen molar-refractivity contribution in [3.05, 3.63) is 5.82 Å². The second-order valence-corrected chi connectivity index (χ2v) is 5.67. The van der Waals surface area contributed by atoms with E-state index in [-0.39, 0.29) is 5.92 Å². The first kappa shape index (κ1) is 9.94. The molecule has 2 rings (SSSR count). The van der Waals surface area contributed by atoms with Gasteiger partial charge in [-0.3, -0.25) is 0 Å². The van der Waals surface area contributed by atoms with Gasteiger partial charge in [-0.2, -0.15) is 9.64 Å². The Morgan fingerprint density at radius 1 is 1.57 bits per heavy atom.